The molecule has 0 radical (unpaired) electrons. The second-order valence-electron chi connectivity index (χ2n) is 4.63. The van der Waals surface area contributed by atoms with Crippen molar-refractivity contribution in [2.45, 2.75) is 26.6 Å². The molecule has 1 aromatic carbocycles. The van der Waals surface area contributed by atoms with Gasteiger partial charge in [0.15, 0.2) is 0 Å². The van der Waals surface area contributed by atoms with E-state index in [9.17, 15) is 0 Å². The van der Waals surface area contributed by atoms with Crippen LogP contribution >= 0.6 is 0 Å². The van der Waals surface area contributed by atoms with Crippen molar-refractivity contribution in [2.75, 3.05) is 0 Å². The normalized spacial score (nSPS) is 11.1. The van der Waals surface area contributed by atoms with Crippen molar-refractivity contribution in [2.24, 2.45) is 0 Å². The lowest BCUT2D eigenvalue weighted by atomic mass is 10.2. The van der Waals surface area contributed by atoms with Crippen LogP contribution in [0, 0.1) is 0 Å². The van der Waals surface area contributed by atoms with Gasteiger partial charge in [-0.3, -0.25) is 4.98 Å². The minimum Gasteiger partial charge on any atom is -0.317 e. The Bertz CT molecular complexity index is 704. The molecule has 5 heteroatoms. The van der Waals surface area contributed by atoms with Crippen LogP contribution < -0.4 is 5.32 Å². The molecule has 3 aromatic rings. The number of nitrogens with one attached hydrogen (secondary N) is 1. The summed E-state index contributed by atoms with van der Waals surface area (Å²) in [7, 11) is 0. The monoisotopic (exact) mass is 267 g/mol. The molecule has 2 heterocycles. The molecule has 0 spiro atoms. The lowest BCUT2D eigenvalue weighted by Crippen LogP contribution is -2.17. The molecule has 1 N–H and O–H groups in total. The maximum Gasteiger partial charge on any atom is 0.146 e. The van der Waals surface area contributed by atoms with Gasteiger partial charge in [-0.05, 0) is 19.1 Å². The summed E-state index contributed by atoms with van der Waals surface area (Å²) in [5, 5.41) is 12.5. The number of hydrogen-bond donors (Lipinski definition) is 1. The predicted molar refractivity (Wildman–Crippen MR) is 78.0 cm³/mol. The molecule has 0 saturated heterocycles. The standard InChI is InChI=1S/C15H17N5/c1-2-20-11-17-19-15(20)10-16-9-13-8-7-12-5-3-4-6-14(12)18-13/h3-8,11,16H,2,9-10H2,1H3. The van der Waals surface area contributed by atoms with Gasteiger partial charge < -0.3 is 9.88 Å². The van der Waals surface area contributed by atoms with Gasteiger partial charge in [0.2, 0.25) is 0 Å². The van der Waals surface area contributed by atoms with E-state index in [4.69, 9.17) is 0 Å². The summed E-state index contributed by atoms with van der Waals surface area (Å²) in [5.74, 6) is 0.952. The number of aryl methyl sites for hydroxylation is 1. The summed E-state index contributed by atoms with van der Waals surface area (Å²) in [6, 6.07) is 12.3. The third-order valence-electron chi connectivity index (χ3n) is 3.28. The van der Waals surface area contributed by atoms with Gasteiger partial charge in [0.1, 0.15) is 12.2 Å². The van der Waals surface area contributed by atoms with Crippen molar-refractivity contribution >= 4 is 10.9 Å². The zero-order valence-corrected chi connectivity index (χ0v) is 11.5. The van der Waals surface area contributed by atoms with Crippen molar-refractivity contribution in [1.29, 1.82) is 0 Å². The molecule has 3 rings (SSSR count). The van der Waals surface area contributed by atoms with Gasteiger partial charge in [0, 0.05) is 18.5 Å². The number of aromatic nitrogens is 4. The highest BCUT2D eigenvalue weighted by Crippen LogP contribution is 2.11. The summed E-state index contributed by atoms with van der Waals surface area (Å²) < 4.78 is 2.03. The van der Waals surface area contributed by atoms with Crippen LogP contribution in [0.3, 0.4) is 0 Å². The largest absolute Gasteiger partial charge is 0.317 e. The average Bonchev–Trinajstić information content (AvgIpc) is 2.95. The first kappa shape index (κ1) is 12.7. The Labute approximate surface area is 117 Å². The summed E-state index contributed by atoms with van der Waals surface area (Å²) in [6.07, 6.45) is 1.76. The third-order valence-corrected chi connectivity index (χ3v) is 3.28. The van der Waals surface area contributed by atoms with Crippen molar-refractivity contribution in [3.05, 3.63) is 54.2 Å². The molecule has 0 amide bonds. The van der Waals surface area contributed by atoms with E-state index in [1.54, 1.807) is 6.33 Å². The molecule has 0 aliphatic heterocycles. The second kappa shape index (κ2) is 5.79. The van der Waals surface area contributed by atoms with Crippen LogP contribution in [0.5, 0.6) is 0 Å². The van der Waals surface area contributed by atoms with E-state index in [0.717, 1.165) is 30.1 Å². The number of nitrogens with zero attached hydrogens (tertiary/aromatic N) is 4. The highest BCUT2D eigenvalue weighted by molar-refractivity contribution is 5.78. The molecule has 0 aliphatic rings. The minimum absolute atomic E-state index is 0.697. The smallest absolute Gasteiger partial charge is 0.146 e. The summed E-state index contributed by atoms with van der Waals surface area (Å²) in [4.78, 5) is 4.63. The van der Waals surface area contributed by atoms with E-state index in [0.29, 0.717) is 6.54 Å². The zero-order valence-electron chi connectivity index (χ0n) is 11.5. The molecular weight excluding hydrogens is 250 g/mol. The molecule has 2 aromatic heterocycles. The third kappa shape index (κ3) is 2.67. The Morgan fingerprint density at radius 2 is 2.00 bits per heavy atom. The van der Waals surface area contributed by atoms with Crippen LogP contribution in [-0.4, -0.2) is 19.7 Å². The van der Waals surface area contributed by atoms with Crippen LogP contribution in [-0.2, 0) is 19.6 Å². The molecule has 102 valence electrons. The molecule has 0 saturated carbocycles. The topological polar surface area (TPSA) is 55.6 Å². The molecule has 0 bridgehead atoms. The molecule has 20 heavy (non-hydrogen) atoms. The fraction of sp³-hybridized carbons (Fsp3) is 0.267. The number of para-hydroxylation sites is 1. The first-order valence-electron chi connectivity index (χ1n) is 6.79. The van der Waals surface area contributed by atoms with Crippen LogP contribution in [0.1, 0.15) is 18.4 Å². The Morgan fingerprint density at radius 3 is 2.90 bits per heavy atom. The van der Waals surface area contributed by atoms with Gasteiger partial charge in [-0.2, -0.15) is 0 Å². The Morgan fingerprint density at radius 1 is 1.10 bits per heavy atom. The Balaban J connectivity index is 1.65. The van der Waals surface area contributed by atoms with E-state index >= 15 is 0 Å². The van der Waals surface area contributed by atoms with Crippen LogP contribution in [0.15, 0.2) is 42.7 Å². The summed E-state index contributed by atoms with van der Waals surface area (Å²) in [5.41, 5.74) is 2.06. The highest BCUT2D eigenvalue weighted by Gasteiger charge is 2.02. The fourth-order valence-electron chi connectivity index (χ4n) is 2.19. The number of hydrogen-bond acceptors (Lipinski definition) is 4. The van der Waals surface area contributed by atoms with Crippen molar-refractivity contribution in [3.8, 4) is 0 Å². The van der Waals surface area contributed by atoms with Gasteiger partial charge >= 0.3 is 0 Å². The fourth-order valence-corrected chi connectivity index (χ4v) is 2.19. The zero-order chi connectivity index (χ0) is 13.8. The number of pyridine rings is 1. The lowest BCUT2D eigenvalue weighted by Gasteiger charge is -2.06. The maximum absolute atomic E-state index is 4.63. The van der Waals surface area contributed by atoms with E-state index < -0.39 is 0 Å². The first-order valence-corrected chi connectivity index (χ1v) is 6.79. The van der Waals surface area contributed by atoms with Gasteiger partial charge in [-0.1, -0.05) is 24.3 Å². The van der Waals surface area contributed by atoms with Gasteiger partial charge in [0.25, 0.3) is 0 Å². The van der Waals surface area contributed by atoms with Crippen LogP contribution in [0.25, 0.3) is 10.9 Å². The van der Waals surface area contributed by atoms with E-state index in [1.807, 2.05) is 22.8 Å². The van der Waals surface area contributed by atoms with Gasteiger partial charge in [-0.15, -0.1) is 10.2 Å². The van der Waals surface area contributed by atoms with Crippen molar-refractivity contribution < 1.29 is 0 Å². The maximum atomic E-state index is 4.63. The molecule has 0 fully saturated rings. The number of rotatable bonds is 5. The molecule has 5 nitrogen and oxygen atoms in total. The highest BCUT2D eigenvalue weighted by atomic mass is 15.3. The van der Waals surface area contributed by atoms with Gasteiger partial charge in [0.05, 0.1) is 17.8 Å². The molecule has 0 aliphatic carbocycles. The lowest BCUT2D eigenvalue weighted by molar-refractivity contribution is 0.607. The number of fused-ring (bicyclic) bond motifs is 1. The van der Waals surface area contributed by atoms with Crippen molar-refractivity contribution in [3.63, 3.8) is 0 Å². The average molecular weight is 267 g/mol. The van der Waals surface area contributed by atoms with E-state index in [2.05, 4.69) is 45.6 Å². The minimum atomic E-state index is 0.697. The second-order valence-corrected chi connectivity index (χ2v) is 4.63. The predicted octanol–water partition coefficient (Wildman–Crippen LogP) is 2.14. The first-order chi connectivity index (χ1) is 9.86. The summed E-state index contributed by atoms with van der Waals surface area (Å²) in [6.45, 7) is 4.39. The van der Waals surface area contributed by atoms with Gasteiger partial charge in [-0.25, -0.2) is 0 Å². The van der Waals surface area contributed by atoms with Crippen LogP contribution in [0.2, 0.25) is 0 Å². The Hall–Kier alpha value is -2.27. The molecular formula is C15H17N5. The van der Waals surface area contributed by atoms with Crippen LogP contribution in [0.4, 0.5) is 0 Å². The molecule has 0 atom stereocenters. The van der Waals surface area contributed by atoms with E-state index in [-0.39, 0.29) is 0 Å². The Kier molecular flexibility index (Phi) is 3.69. The number of benzene rings is 1. The van der Waals surface area contributed by atoms with Crippen molar-refractivity contribution in [1.82, 2.24) is 25.1 Å². The quantitative estimate of drug-likeness (QED) is 0.769. The van der Waals surface area contributed by atoms with E-state index in [1.165, 1.54) is 5.39 Å². The molecule has 0 unspecified atom stereocenters. The SMILES string of the molecule is CCn1cnnc1CNCc1ccc2ccccc2n1. The summed E-state index contributed by atoms with van der Waals surface area (Å²) >= 11 is 0.